The number of hydroxylamine groups is 1. The van der Waals surface area contributed by atoms with Crippen LogP contribution < -0.4 is 31.5 Å². The largest absolute Gasteiger partial charge is 0.497 e. The van der Waals surface area contributed by atoms with Crippen molar-refractivity contribution in [3.05, 3.63) is 29.8 Å². The Balaban J connectivity index is 2.19. The lowest BCUT2D eigenvalue weighted by Crippen LogP contribution is -2.57. The number of benzene rings is 1. The van der Waals surface area contributed by atoms with E-state index in [9.17, 15) is 24.0 Å². The van der Waals surface area contributed by atoms with Gasteiger partial charge in [0.25, 0.3) is 0 Å². The van der Waals surface area contributed by atoms with Gasteiger partial charge in [-0.25, -0.2) is 5.48 Å². The van der Waals surface area contributed by atoms with Crippen molar-refractivity contribution < 1.29 is 33.9 Å². The average molecular weight is 576 g/mol. The summed E-state index contributed by atoms with van der Waals surface area (Å²) in [6, 6.07) is 4.11. The summed E-state index contributed by atoms with van der Waals surface area (Å²) < 4.78 is 5.21. The molecule has 12 heteroatoms. The number of rotatable bonds is 18. The second-order valence-corrected chi connectivity index (χ2v) is 10.5. The molecule has 0 saturated carbocycles. The highest BCUT2D eigenvalue weighted by Crippen LogP contribution is 2.15. The van der Waals surface area contributed by atoms with Crippen LogP contribution in [0.4, 0.5) is 0 Å². The van der Waals surface area contributed by atoms with Gasteiger partial charge >= 0.3 is 0 Å². The topological polar surface area (TPSA) is 175 Å². The molecule has 2 rings (SSSR count). The minimum absolute atomic E-state index is 0.0901. The van der Waals surface area contributed by atoms with Crippen LogP contribution in [-0.4, -0.2) is 72.9 Å². The lowest BCUT2D eigenvalue weighted by Gasteiger charge is -2.26. The molecule has 1 aromatic rings. The van der Waals surface area contributed by atoms with Crippen LogP contribution in [0.5, 0.6) is 5.75 Å². The van der Waals surface area contributed by atoms with Crippen molar-refractivity contribution in [3.8, 4) is 5.75 Å². The molecule has 1 aromatic carbocycles. The summed E-state index contributed by atoms with van der Waals surface area (Å²) in [6.45, 7) is 4.51. The number of carbonyl (C=O) groups excluding carboxylic acids is 5. The third-order valence-corrected chi connectivity index (χ3v) is 7.48. The van der Waals surface area contributed by atoms with E-state index in [0.717, 1.165) is 18.5 Å². The second-order valence-electron chi connectivity index (χ2n) is 10.5. The second kappa shape index (κ2) is 18.0. The van der Waals surface area contributed by atoms with E-state index < -0.39 is 35.8 Å². The van der Waals surface area contributed by atoms with Crippen LogP contribution in [0.25, 0.3) is 0 Å². The summed E-state index contributed by atoms with van der Waals surface area (Å²) in [5, 5.41) is 20.2. The van der Waals surface area contributed by atoms with Gasteiger partial charge in [0.05, 0.1) is 19.2 Å². The van der Waals surface area contributed by atoms with Gasteiger partial charge in [-0.3, -0.25) is 24.4 Å². The zero-order chi connectivity index (χ0) is 30.2. The van der Waals surface area contributed by atoms with Gasteiger partial charge in [-0.15, -0.1) is 0 Å². The van der Waals surface area contributed by atoms with Gasteiger partial charge in [0, 0.05) is 12.8 Å². The summed E-state index contributed by atoms with van der Waals surface area (Å²) in [5.41, 5.74) is 2.37. The Kier molecular flexibility index (Phi) is 14.8. The quantitative estimate of drug-likeness (QED) is 0.0654. The molecule has 1 fully saturated rings. The monoisotopic (exact) mass is 575 g/mol. The number of carbonyl (C=O) groups is 5. The number of nitrogens with one attached hydrogen (secondary N) is 5. The van der Waals surface area contributed by atoms with E-state index in [2.05, 4.69) is 21.3 Å². The fraction of sp³-hybridized carbons (Fsp3) is 0.621. The predicted octanol–water partition coefficient (Wildman–Crippen LogP) is 1.15. The molecule has 228 valence electrons. The number of unbranched alkanes of at least 4 members (excludes halogenated alkanes) is 2. The van der Waals surface area contributed by atoms with E-state index in [4.69, 9.17) is 9.94 Å². The number of amides is 4. The standard InChI is InChI=1S/C29H45N5O7/c1-4-19(2)25(18-35)33-29(39)24(17-20-12-14-21(41-3)15-13-20)32-28(38)23(9-6-5-7-11-26(36)34-40)31-27(37)22-10-8-16-30-22/h12-15,18-19,22-25,30,40H,4-11,16-17H2,1-3H3,(H,31,37)(H,32,38)(H,33,39)(H,34,36). The Bertz CT molecular complexity index is 998. The van der Waals surface area contributed by atoms with Gasteiger partial charge in [-0.05, 0) is 55.8 Å². The average Bonchev–Trinajstić information content (AvgIpc) is 3.53. The Morgan fingerprint density at radius 1 is 1.05 bits per heavy atom. The first-order valence-electron chi connectivity index (χ1n) is 14.4. The molecule has 0 radical (unpaired) electrons. The Morgan fingerprint density at radius 2 is 1.76 bits per heavy atom. The molecular weight excluding hydrogens is 530 g/mol. The van der Waals surface area contributed by atoms with Crippen molar-refractivity contribution in [2.24, 2.45) is 5.92 Å². The molecule has 0 aliphatic carbocycles. The molecule has 0 aromatic heterocycles. The highest BCUT2D eigenvalue weighted by Gasteiger charge is 2.31. The Morgan fingerprint density at radius 3 is 2.34 bits per heavy atom. The zero-order valence-corrected chi connectivity index (χ0v) is 24.2. The van der Waals surface area contributed by atoms with Crippen molar-refractivity contribution in [1.29, 1.82) is 0 Å². The van der Waals surface area contributed by atoms with Crippen LogP contribution >= 0.6 is 0 Å². The molecule has 1 aliphatic rings. The van der Waals surface area contributed by atoms with E-state index in [-0.39, 0.29) is 30.7 Å². The molecule has 4 amide bonds. The van der Waals surface area contributed by atoms with Crippen LogP contribution in [0, 0.1) is 5.92 Å². The summed E-state index contributed by atoms with van der Waals surface area (Å²) in [5.74, 6) is -1.22. The van der Waals surface area contributed by atoms with E-state index in [1.807, 2.05) is 13.8 Å². The number of aldehydes is 1. The zero-order valence-electron chi connectivity index (χ0n) is 24.2. The maximum absolute atomic E-state index is 13.5. The number of hydrogen-bond donors (Lipinski definition) is 6. The predicted molar refractivity (Wildman–Crippen MR) is 152 cm³/mol. The first-order valence-corrected chi connectivity index (χ1v) is 14.4. The molecule has 1 heterocycles. The van der Waals surface area contributed by atoms with Gasteiger partial charge in [-0.2, -0.15) is 0 Å². The van der Waals surface area contributed by atoms with Crippen LogP contribution in [0.1, 0.15) is 70.8 Å². The number of ether oxygens (including phenoxy) is 1. The van der Waals surface area contributed by atoms with Crippen molar-refractivity contribution in [1.82, 2.24) is 26.7 Å². The molecule has 5 unspecified atom stereocenters. The summed E-state index contributed by atoms with van der Waals surface area (Å²) in [4.78, 5) is 62.8. The van der Waals surface area contributed by atoms with Crippen LogP contribution in [0.3, 0.4) is 0 Å². The van der Waals surface area contributed by atoms with E-state index >= 15 is 0 Å². The highest BCUT2D eigenvalue weighted by molar-refractivity contribution is 5.93. The van der Waals surface area contributed by atoms with E-state index in [0.29, 0.717) is 50.6 Å². The van der Waals surface area contributed by atoms with Crippen molar-refractivity contribution in [2.75, 3.05) is 13.7 Å². The molecule has 1 saturated heterocycles. The first kappa shape index (κ1) is 33.7. The smallest absolute Gasteiger partial charge is 0.243 e. The van der Waals surface area contributed by atoms with Crippen molar-refractivity contribution in [2.45, 2.75) is 95.8 Å². The third-order valence-electron chi connectivity index (χ3n) is 7.48. The molecule has 12 nitrogen and oxygen atoms in total. The lowest BCUT2D eigenvalue weighted by molar-refractivity contribution is -0.133. The Labute approximate surface area is 241 Å². The molecule has 6 N–H and O–H groups in total. The molecular formula is C29H45N5O7. The van der Waals surface area contributed by atoms with Crippen LogP contribution in [0.2, 0.25) is 0 Å². The van der Waals surface area contributed by atoms with Gasteiger partial charge in [0.1, 0.15) is 24.1 Å². The molecule has 0 spiro atoms. The van der Waals surface area contributed by atoms with Crippen LogP contribution in [-0.2, 0) is 30.4 Å². The number of hydrogen-bond acceptors (Lipinski definition) is 8. The van der Waals surface area contributed by atoms with Crippen molar-refractivity contribution in [3.63, 3.8) is 0 Å². The summed E-state index contributed by atoms with van der Waals surface area (Å²) >= 11 is 0. The fourth-order valence-electron chi connectivity index (χ4n) is 4.62. The summed E-state index contributed by atoms with van der Waals surface area (Å²) in [6.07, 6.45) is 5.15. The third kappa shape index (κ3) is 11.5. The van der Waals surface area contributed by atoms with Gasteiger partial charge in [0.15, 0.2) is 0 Å². The van der Waals surface area contributed by atoms with Crippen LogP contribution in [0.15, 0.2) is 24.3 Å². The Hall–Kier alpha value is -3.51. The van der Waals surface area contributed by atoms with Gasteiger partial charge < -0.3 is 30.8 Å². The minimum atomic E-state index is -1.00. The SMILES string of the molecule is CCC(C)C(C=O)NC(=O)C(Cc1ccc(OC)cc1)NC(=O)C(CCCCCC(=O)NO)NC(=O)C1CCCN1. The van der Waals surface area contributed by atoms with E-state index in [1.54, 1.807) is 36.9 Å². The van der Waals surface area contributed by atoms with Gasteiger partial charge in [0.2, 0.25) is 23.6 Å². The van der Waals surface area contributed by atoms with E-state index in [1.165, 1.54) is 0 Å². The maximum Gasteiger partial charge on any atom is 0.243 e. The van der Waals surface area contributed by atoms with Gasteiger partial charge in [-0.1, -0.05) is 45.2 Å². The lowest BCUT2D eigenvalue weighted by atomic mass is 9.98. The molecule has 5 atom stereocenters. The maximum atomic E-state index is 13.5. The highest BCUT2D eigenvalue weighted by atomic mass is 16.5. The normalized spacial score (nSPS) is 17.4. The molecule has 1 aliphatic heterocycles. The first-order chi connectivity index (χ1) is 19.7. The number of methoxy groups -OCH3 is 1. The minimum Gasteiger partial charge on any atom is -0.497 e. The fourth-order valence-corrected chi connectivity index (χ4v) is 4.62. The molecule has 0 bridgehead atoms. The molecule has 41 heavy (non-hydrogen) atoms. The van der Waals surface area contributed by atoms with Crippen molar-refractivity contribution >= 4 is 29.9 Å². The summed E-state index contributed by atoms with van der Waals surface area (Å²) in [7, 11) is 1.55.